The van der Waals surface area contributed by atoms with Gasteiger partial charge in [-0.2, -0.15) is 0 Å². The highest BCUT2D eigenvalue weighted by atomic mass is 32.2. The van der Waals surface area contributed by atoms with Gasteiger partial charge in [0.05, 0.1) is 17.3 Å². The number of aryl methyl sites for hydroxylation is 1. The van der Waals surface area contributed by atoms with Crippen LogP contribution in [-0.2, 0) is 18.6 Å². The number of benzene rings is 1. The van der Waals surface area contributed by atoms with Crippen LogP contribution in [0.4, 0.5) is 0 Å². The van der Waals surface area contributed by atoms with E-state index in [4.69, 9.17) is 9.40 Å². The van der Waals surface area contributed by atoms with Crippen molar-refractivity contribution in [2.75, 3.05) is 0 Å². The van der Waals surface area contributed by atoms with Gasteiger partial charge in [-0.1, -0.05) is 49.0 Å². The van der Waals surface area contributed by atoms with Crippen LogP contribution < -0.4 is 5.56 Å². The quantitative estimate of drug-likeness (QED) is 0.377. The maximum absolute atomic E-state index is 12.7. The SMILES string of the molecule is C[C@@H]1CCc2c(sc3nc(SCc4ncc(-c5ccccc5)o4)[nH]c(=O)c23)C1. The molecule has 1 aliphatic rings. The second-order valence-electron chi connectivity index (χ2n) is 7.18. The number of rotatable bonds is 4. The second-order valence-corrected chi connectivity index (χ2v) is 9.22. The zero-order valence-electron chi connectivity index (χ0n) is 15.4. The molecule has 0 radical (unpaired) electrons. The second kappa shape index (κ2) is 7.22. The maximum Gasteiger partial charge on any atom is 0.260 e. The first-order valence-electron chi connectivity index (χ1n) is 9.35. The molecule has 1 N–H and O–H groups in total. The number of nitrogens with one attached hydrogen (secondary N) is 1. The van der Waals surface area contributed by atoms with Crippen LogP contribution >= 0.6 is 23.1 Å². The number of hydrogen-bond acceptors (Lipinski definition) is 6. The molecule has 3 aromatic heterocycles. The van der Waals surface area contributed by atoms with Crippen molar-refractivity contribution < 1.29 is 4.42 Å². The molecule has 7 heteroatoms. The van der Waals surface area contributed by atoms with Crippen molar-refractivity contribution >= 4 is 33.3 Å². The summed E-state index contributed by atoms with van der Waals surface area (Å²) in [7, 11) is 0. The Kier molecular flexibility index (Phi) is 4.56. The fourth-order valence-corrected chi connectivity index (χ4v) is 5.80. The molecule has 5 rings (SSSR count). The third kappa shape index (κ3) is 3.29. The fourth-order valence-electron chi connectivity index (χ4n) is 3.64. The smallest absolute Gasteiger partial charge is 0.260 e. The van der Waals surface area contributed by atoms with Gasteiger partial charge < -0.3 is 9.40 Å². The normalized spacial score (nSPS) is 16.4. The monoisotopic (exact) mass is 409 g/mol. The highest BCUT2D eigenvalue weighted by Crippen LogP contribution is 2.36. The Hall–Kier alpha value is -2.38. The first-order valence-corrected chi connectivity index (χ1v) is 11.1. The van der Waals surface area contributed by atoms with E-state index in [2.05, 4.69) is 16.9 Å². The summed E-state index contributed by atoms with van der Waals surface area (Å²) < 4.78 is 5.84. The van der Waals surface area contributed by atoms with Crippen LogP contribution in [0.25, 0.3) is 21.5 Å². The Morgan fingerprint density at radius 1 is 1.32 bits per heavy atom. The standard InChI is InChI=1S/C21H19N3O2S2/c1-12-7-8-14-16(9-12)28-20-18(14)19(25)23-21(24-20)27-11-17-22-10-15(26-17)13-5-3-2-4-6-13/h2-6,10,12H,7-9,11H2,1H3,(H,23,24,25)/t12-/m1/s1. The fraction of sp³-hybridized carbons (Fsp3) is 0.286. The largest absolute Gasteiger partial charge is 0.440 e. The lowest BCUT2D eigenvalue weighted by Gasteiger charge is -2.17. The summed E-state index contributed by atoms with van der Waals surface area (Å²) >= 11 is 3.11. The van der Waals surface area contributed by atoms with E-state index in [9.17, 15) is 4.79 Å². The minimum absolute atomic E-state index is 0.0306. The Bertz CT molecular complexity index is 1190. The number of hydrogen-bond donors (Lipinski definition) is 1. The average molecular weight is 410 g/mol. The number of nitrogens with zero attached hydrogens (tertiary/aromatic N) is 2. The molecule has 0 spiro atoms. The van der Waals surface area contributed by atoms with Gasteiger partial charge in [0.25, 0.3) is 5.56 Å². The molecule has 0 saturated carbocycles. The predicted octanol–water partition coefficient (Wildman–Crippen LogP) is 5.06. The molecule has 28 heavy (non-hydrogen) atoms. The summed E-state index contributed by atoms with van der Waals surface area (Å²) in [4.78, 5) is 26.8. The van der Waals surface area contributed by atoms with Crippen LogP contribution in [0.15, 0.2) is 50.9 Å². The van der Waals surface area contributed by atoms with Gasteiger partial charge in [-0.25, -0.2) is 9.97 Å². The van der Waals surface area contributed by atoms with Gasteiger partial charge >= 0.3 is 0 Å². The predicted molar refractivity (Wildman–Crippen MR) is 113 cm³/mol. The molecule has 4 aromatic rings. The van der Waals surface area contributed by atoms with Crippen LogP contribution in [-0.4, -0.2) is 15.0 Å². The summed E-state index contributed by atoms with van der Waals surface area (Å²) in [5.74, 6) is 2.56. The Labute approximate surface area is 170 Å². The van der Waals surface area contributed by atoms with Crippen molar-refractivity contribution in [2.45, 2.75) is 37.1 Å². The van der Waals surface area contributed by atoms with Crippen LogP contribution in [0.2, 0.25) is 0 Å². The number of fused-ring (bicyclic) bond motifs is 3. The topological polar surface area (TPSA) is 71.8 Å². The minimum atomic E-state index is -0.0306. The lowest BCUT2D eigenvalue weighted by Crippen LogP contribution is -2.13. The van der Waals surface area contributed by atoms with Gasteiger partial charge in [-0.15, -0.1) is 11.3 Å². The zero-order valence-corrected chi connectivity index (χ0v) is 17.0. The van der Waals surface area contributed by atoms with Crippen molar-refractivity contribution in [3.05, 3.63) is 63.2 Å². The molecule has 1 aromatic carbocycles. The molecule has 0 amide bonds. The summed E-state index contributed by atoms with van der Waals surface area (Å²) in [5.41, 5.74) is 2.18. The Morgan fingerprint density at radius 3 is 3.04 bits per heavy atom. The van der Waals surface area contributed by atoms with E-state index in [-0.39, 0.29) is 5.56 Å². The van der Waals surface area contributed by atoms with Crippen molar-refractivity contribution in [1.82, 2.24) is 15.0 Å². The number of aromatic amines is 1. The highest BCUT2D eigenvalue weighted by Gasteiger charge is 2.23. The van der Waals surface area contributed by atoms with E-state index in [1.807, 2.05) is 30.3 Å². The molecule has 0 aliphatic heterocycles. The van der Waals surface area contributed by atoms with Crippen LogP contribution in [0.1, 0.15) is 29.7 Å². The minimum Gasteiger partial charge on any atom is -0.440 e. The Balaban J connectivity index is 1.38. The number of H-pyrrole nitrogens is 1. The molecule has 1 atom stereocenters. The number of thiophene rings is 1. The van der Waals surface area contributed by atoms with Crippen LogP contribution in [0.3, 0.4) is 0 Å². The first kappa shape index (κ1) is 17.7. The summed E-state index contributed by atoms with van der Waals surface area (Å²) in [6.07, 6.45) is 4.91. The average Bonchev–Trinajstić information content (AvgIpc) is 3.31. The molecule has 0 bridgehead atoms. The zero-order chi connectivity index (χ0) is 19.1. The molecule has 5 nitrogen and oxygen atoms in total. The van der Waals surface area contributed by atoms with Gasteiger partial charge in [0.2, 0.25) is 5.89 Å². The molecular weight excluding hydrogens is 390 g/mol. The number of thioether (sulfide) groups is 1. The summed E-state index contributed by atoms with van der Waals surface area (Å²) in [6.45, 7) is 2.27. The Morgan fingerprint density at radius 2 is 2.18 bits per heavy atom. The number of aromatic nitrogens is 3. The van der Waals surface area contributed by atoms with Gasteiger partial charge in [-0.05, 0) is 30.7 Å². The van der Waals surface area contributed by atoms with Crippen molar-refractivity contribution in [1.29, 1.82) is 0 Å². The van der Waals surface area contributed by atoms with Crippen LogP contribution in [0.5, 0.6) is 0 Å². The molecule has 0 saturated heterocycles. The van der Waals surface area contributed by atoms with Crippen molar-refractivity contribution in [3.8, 4) is 11.3 Å². The van der Waals surface area contributed by atoms with Crippen molar-refractivity contribution in [3.63, 3.8) is 0 Å². The van der Waals surface area contributed by atoms with E-state index in [1.165, 1.54) is 22.2 Å². The molecule has 0 unspecified atom stereocenters. The van der Waals surface area contributed by atoms with E-state index in [0.717, 1.165) is 40.8 Å². The lowest BCUT2D eigenvalue weighted by atomic mass is 9.89. The van der Waals surface area contributed by atoms with Crippen LogP contribution in [0, 0.1) is 5.92 Å². The highest BCUT2D eigenvalue weighted by molar-refractivity contribution is 7.98. The molecule has 3 heterocycles. The van der Waals surface area contributed by atoms with E-state index >= 15 is 0 Å². The maximum atomic E-state index is 12.7. The third-order valence-corrected chi connectivity index (χ3v) is 7.09. The molecule has 0 fully saturated rings. The van der Waals surface area contributed by atoms with Gasteiger partial charge in [0.15, 0.2) is 10.9 Å². The summed E-state index contributed by atoms with van der Waals surface area (Å²) in [5, 5.41) is 1.40. The first-order chi connectivity index (χ1) is 13.7. The van der Waals surface area contributed by atoms with E-state index in [1.54, 1.807) is 17.5 Å². The van der Waals surface area contributed by atoms with E-state index < -0.39 is 0 Å². The molecular formula is C21H19N3O2S2. The lowest BCUT2D eigenvalue weighted by molar-refractivity contribution is 0.509. The number of oxazole rings is 1. The molecule has 142 valence electrons. The van der Waals surface area contributed by atoms with Gasteiger partial charge in [0.1, 0.15) is 4.83 Å². The van der Waals surface area contributed by atoms with Gasteiger partial charge in [0, 0.05) is 10.4 Å². The van der Waals surface area contributed by atoms with E-state index in [0.29, 0.717) is 22.7 Å². The molecule has 1 aliphatic carbocycles. The third-order valence-electron chi connectivity index (χ3n) is 5.09. The summed E-state index contributed by atoms with van der Waals surface area (Å²) in [6, 6.07) is 9.89. The van der Waals surface area contributed by atoms with Gasteiger partial charge in [-0.3, -0.25) is 4.79 Å². The van der Waals surface area contributed by atoms with Crippen molar-refractivity contribution in [2.24, 2.45) is 5.92 Å².